The molecule has 0 radical (unpaired) electrons. The summed E-state index contributed by atoms with van der Waals surface area (Å²) in [5, 5.41) is 13.1. The standard InChI is InChI=1S/C15H25NO6/c1-14(2)19-7-9(20-14)12-13(22-15(3,4)21-12)11-8(17)5-6-10(18)16-11/h8-9,11-13,17H,5-7H2,1-4H3,(H,16,18)/t8-,9-,11-,12-,13-/m1/s1. The Labute approximate surface area is 130 Å². The first-order valence-corrected chi connectivity index (χ1v) is 7.82. The molecule has 0 saturated carbocycles. The first kappa shape index (κ1) is 16.1. The predicted octanol–water partition coefficient (Wildman–Crippen LogP) is 0.297. The molecule has 2 N–H and O–H groups in total. The Morgan fingerprint density at radius 2 is 1.77 bits per heavy atom. The van der Waals surface area contributed by atoms with Crippen molar-refractivity contribution >= 4 is 5.91 Å². The number of aliphatic hydroxyl groups is 1. The molecule has 126 valence electrons. The van der Waals surface area contributed by atoms with E-state index in [1.807, 2.05) is 27.7 Å². The van der Waals surface area contributed by atoms with Gasteiger partial charge in [-0.2, -0.15) is 0 Å². The van der Waals surface area contributed by atoms with E-state index in [0.717, 1.165) is 0 Å². The topological polar surface area (TPSA) is 86.3 Å². The van der Waals surface area contributed by atoms with Gasteiger partial charge in [0.25, 0.3) is 0 Å². The molecule has 0 aromatic heterocycles. The van der Waals surface area contributed by atoms with Crippen molar-refractivity contribution in [1.29, 1.82) is 0 Å². The van der Waals surface area contributed by atoms with Gasteiger partial charge in [-0.25, -0.2) is 0 Å². The molecule has 0 aromatic rings. The average molecular weight is 315 g/mol. The maximum atomic E-state index is 11.7. The largest absolute Gasteiger partial charge is 0.391 e. The van der Waals surface area contributed by atoms with E-state index in [1.54, 1.807) is 0 Å². The van der Waals surface area contributed by atoms with Crippen molar-refractivity contribution in [3.63, 3.8) is 0 Å². The molecule has 5 atom stereocenters. The third kappa shape index (κ3) is 3.14. The van der Waals surface area contributed by atoms with Gasteiger partial charge in [-0.05, 0) is 34.1 Å². The van der Waals surface area contributed by atoms with Crippen molar-refractivity contribution < 1.29 is 28.8 Å². The Bertz CT molecular complexity index is 451. The molecule has 3 aliphatic rings. The molecule has 3 fully saturated rings. The highest BCUT2D eigenvalue weighted by Gasteiger charge is 2.54. The van der Waals surface area contributed by atoms with Crippen molar-refractivity contribution in [2.45, 2.75) is 82.6 Å². The highest BCUT2D eigenvalue weighted by molar-refractivity contribution is 5.77. The summed E-state index contributed by atoms with van der Waals surface area (Å²) in [7, 11) is 0. The zero-order chi connectivity index (χ0) is 16.1. The van der Waals surface area contributed by atoms with Crippen LogP contribution in [0.5, 0.6) is 0 Å². The van der Waals surface area contributed by atoms with Crippen LogP contribution in [0.4, 0.5) is 0 Å². The maximum Gasteiger partial charge on any atom is 0.220 e. The minimum atomic E-state index is -0.798. The van der Waals surface area contributed by atoms with E-state index in [4.69, 9.17) is 18.9 Å². The quantitative estimate of drug-likeness (QED) is 0.762. The van der Waals surface area contributed by atoms with E-state index in [2.05, 4.69) is 5.32 Å². The van der Waals surface area contributed by atoms with Gasteiger partial charge >= 0.3 is 0 Å². The lowest BCUT2D eigenvalue weighted by Crippen LogP contribution is -2.59. The number of aliphatic hydroxyl groups excluding tert-OH is 1. The monoisotopic (exact) mass is 315 g/mol. The summed E-state index contributed by atoms with van der Waals surface area (Å²) < 4.78 is 23.5. The molecule has 0 bridgehead atoms. The molecular weight excluding hydrogens is 290 g/mol. The number of rotatable bonds is 2. The normalized spacial score (nSPS) is 44.0. The fourth-order valence-electron chi connectivity index (χ4n) is 3.37. The fourth-order valence-corrected chi connectivity index (χ4v) is 3.37. The molecule has 0 aliphatic carbocycles. The minimum Gasteiger partial charge on any atom is -0.391 e. The zero-order valence-electron chi connectivity index (χ0n) is 13.5. The van der Waals surface area contributed by atoms with Crippen molar-refractivity contribution in [2.75, 3.05) is 6.61 Å². The summed E-state index contributed by atoms with van der Waals surface area (Å²) in [4.78, 5) is 11.7. The number of amides is 1. The molecule has 0 aromatic carbocycles. The van der Waals surface area contributed by atoms with Crippen LogP contribution in [0.15, 0.2) is 0 Å². The summed E-state index contributed by atoms with van der Waals surface area (Å²) in [5.41, 5.74) is 0. The third-order valence-corrected chi connectivity index (χ3v) is 4.32. The first-order valence-electron chi connectivity index (χ1n) is 7.82. The Morgan fingerprint density at radius 1 is 1.09 bits per heavy atom. The average Bonchev–Trinajstić information content (AvgIpc) is 2.92. The fraction of sp³-hybridized carbons (Fsp3) is 0.933. The van der Waals surface area contributed by atoms with Gasteiger partial charge in [-0.15, -0.1) is 0 Å². The van der Waals surface area contributed by atoms with Gasteiger partial charge in [-0.1, -0.05) is 0 Å². The second kappa shape index (κ2) is 5.42. The SMILES string of the molecule is CC1(C)O[C@H]([C@@H]2NC(=O)CC[C@H]2O)[C@@H]([C@H]2COC(C)(C)O2)O1. The molecule has 22 heavy (non-hydrogen) atoms. The maximum absolute atomic E-state index is 11.7. The van der Waals surface area contributed by atoms with E-state index in [-0.39, 0.29) is 12.0 Å². The number of piperidine rings is 1. The molecule has 3 saturated heterocycles. The summed E-state index contributed by atoms with van der Waals surface area (Å²) >= 11 is 0. The van der Waals surface area contributed by atoms with E-state index < -0.39 is 35.9 Å². The van der Waals surface area contributed by atoms with Gasteiger partial charge in [0.05, 0.1) is 18.8 Å². The van der Waals surface area contributed by atoms with Gasteiger partial charge in [-0.3, -0.25) is 4.79 Å². The van der Waals surface area contributed by atoms with Crippen molar-refractivity contribution in [2.24, 2.45) is 0 Å². The number of carbonyl (C=O) groups is 1. The second-order valence-corrected chi connectivity index (χ2v) is 7.13. The number of hydrogen-bond acceptors (Lipinski definition) is 6. The van der Waals surface area contributed by atoms with E-state index in [1.165, 1.54) is 0 Å². The van der Waals surface area contributed by atoms with Gasteiger partial charge in [0.1, 0.15) is 18.3 Å². The predicted molar refractivity (Wildman–Crippen MR) is 75.9 cm³/mol. The Hall–Kier alpha value is -0.730. The second-order valence-electron chi connectivity index (χ2n) is 7.13. The summed E-state index contributed by atoms with van der Waals surface area (Å²) in [6.07, 6.45) is -1.08. The lowest BCUT2D eigenvalue weighted by molar-refractivity contribution is -0.175. The molecule has 7 nitrogen and oxygen atoms in total. The minimum absolute atomic E-state index is 0.0775. The lowest BCUT2D eigenvalue weighted by Gasteiger charge is -2.35. The van der Waals surface area contributed by atoms with Crippen LogP contribution in [-0.2, 0) is 23.7 Å². The molecule has 0 unspecified atom stereocenters. The summed E-state index contributed by atoms with van der Waals surface area (Å²) in [6, 6.07) is -0.500. The van der Waals surface area contributed by atoms with Crippen molar-refractivity contribution in [3.8, 4) is 0 Å². The Balaban J connectivity index is 1.79. The van der Waals surface area contributed by atoms with Crippen LogP contribution >= 0.6 is 0 Å². The molecule has 3 rings (SSSR count). The Kier molecular flexibility index (Phi) is 3.98. The molecule has 1 amide bonds. The molecule has 3 heterocycles. The van der Waals surface area contributed by atoms with Crippen LogP contribution in [0, 0.1) is 0 Å². The molecule has 3 aliphatic heterocycles. The van der Waals surface area contributed by atoms with E-state index >= 15 is 0 Å². The summed E-state index contributed by atoms with van der Waals surface area (Å²) in [6.45, 7) is 7.72. The number of carbonyl (C=O) groups excluding carboxylic acids is 1. The van der Waals surface area contributed by atoms with Gasteiger partial charge in [0.15, 0.2) is 11.6 Å². The van der Waals surface area contributed by atoms with Crippen LogP contribution in [0.3, 0.4) is 0 Å². The number of ether oxygens (including phenoxy) is 4. The highest BCUT2D eigenvalue weighted by atomic mass is 16.8. The lowest BCUT2D eigenvalue weighted by atomic mass is 9.91. The number of nitrogens with one attached hydrogen (secondary N) is 1. The van der Waals surface area contributed by atoms with Crippen LogP contribution < -0.4 is 5.32 Å². The van der Waals surface area contributed by atoms with Gasteiger partial charge in [0.2, 0.25) is 5.91 Å². The molecule has 7 heteroatoms. The van der Waals surface area contributed by atoms with Crippen LogP contribution in [0.25, 0.3) is 0 Å². The van der Waals surface area contributed by atoms with E-state index in [0.29, 0.717) is 19.4 Å². The Morgan fingerprint density at radius 3 is 2.41 bits per heavy atom. The van der Waals surface area contributed by atoms with Crippen LogP contribution in [0.1, 0.15) is 40.5 Å². The summed E-state index contributed by atoms with van der Waals surface area (Å²) in [5.74, 6) is -1.54. The zero-order valence-corrected chi connectivity index (χ0v) is 13.5. The molecule has 0 spiro atoms. The highest BCUT2D eigenvalue weighted by Crippen LogP contribution is 2.38. The molecular formula is C15H25NO6. The smallest absolute Gasteiger partial charge is 0.220 e. The number of hydrogen-bond donors (Lipinski definition) is 2. The van der Waals surface area contributed by atoms with Crippen LogP contribution in [0.2, 0.25) is 0 Å². The van der Waals surface area contributed by atoms with Crippen molar-refractivity contribution in [1.82, 2.24) is 5.32 Å². The van der Waals surface area contributed by atoms with Gasteiger partial charge < -0.3 is 29.4 Å². The van der Waals surface area contributed by atoms with Crippen molar-refractivity contribution in [3.05, 3.63) is 0 Å². The van der Waals surface area contributed by atoms with E-state index in [9.17, 15) is 9.90 Å². The van der Waals surface area contributed by atoms with Crippen LogP contribution in [-0.4, -0.2) is 59.7 Å². The first-order chi connectivity index (χ1) is 10.2. The van der Waals surface area contributed by atoms with Gasteiger partial charge in [0, 0.05) is 6.42 Å². The third-order valence-electron chi connectivity index (χ3n) is 4.32.